The summed E-state index contributed by atoms with van der Waals surface area (Å²) < 4.78 is 6.69. The standard InChI is InChI=1S/C29H24BrN3O3/c1-36-29-24(16-21-15-22(30)12-13-25(21)32-29)28(19-7-3-2-4-8-19)33(18-27(34)35)17-20-9-5-11-26-23(20)10-6-14-31-26/h2-16,28H,17-18H2,1H3,(H,34,35). The summed E-state index contributed by atoms with van der Waals surface area (Å²) in [6.45, 7) is 0.227. The highest BCUT2D eigenvalue weighted by Crippen LogP contribution is 2.37. The van der Waals surface area contributed by atoms with Gasteiger partial charge in [-0.2, -0.15) is 0 Å². The van der Waals surface area contributed by atoms with Crippen molar-refractivity contribution in [1.82, 2.24) is 14.9 Å². The van der Waals surface area contributed by atoms with E-state index in [9.17, 15) is 9.90 Å². The summed E-state index contributed by atoms with van der Waals surface area (Å²) in [6.07, 6.45) is 1.76. The normalized spacial score (nSPS) is 12.2. The highest BCUT2D eigenvalue weighted by molar-refractivity contribution is 9.10. The molecule has 0 saturated carbocycles. The Morgan fingerprint density at radius 1 is 1.00 bits per heavy atom. The molecule has 1 atom stereocenters. The van der Waals surface area contributed by atoms with Gasteiger partial charge in [-0.25, -0.2) is 4.98 Å². The summed E-state index contributed by atoms with van der Waals surface area (Å²) in [5.74, 6) is -0.446. The maximum atomic E-state index is 12.1. The molecule has 6 nitrogen and oxygen atoms in total. The molecule has 3 aromatic carbocycles. The lowest BCUT2D eigenvalue weighted by Crippen LogP contribution is -2.34. The van der Waals surface area contributed by atoms with Gasteiger partial charge >= 0.3 is 5.97 Å². The van der Waals surface area contributed by atoms with Crippen molar-refractivity contribution < 1.29 is 14.6 Å². The zero-order valence-electron chi connectivity index (χ0n) is 19.6. The second-order valence-corrected chi connectivity index (χ2v) is 9.44. The molecule has 2 heterocycles. The van der Waals surface area contributed by atoms with Crippen LogP contribution in [-0.2, 0) is 11.3 Å². The number of halogens is 1. The van der Waals surface area contributed by atoms with Gasteiger partial charge in [-0.15, -0.1) is 0 Å². The van der Waals surface area contributed by atoms with E-state index in [-0.39, 0.29) is 6.54 Å². The number of benzene rings is 3. The number of nitrogens with zero attached hydrogens (tertiary/aromatic N) is 3. The zero-order valence-corrected chi connectivity index (χ0v) is 21.2. The lowest BCUT2D eigenvalue weighted by atomic mass is 9.95. The number of fused-ring (bicyclic) bond motifs is 2. The first kappa shape index (κ1) is 23.9. The monoisotopic (exact) mass is 541 g/mol. The van der Waals surface area contributed by atoms with Gasteiger partial charge in [0.25, 0.3) is 0 Å². The molecule has 0 saturated heterocycles. The Morgan fingerprint density at radius 3 is 2.61 bits per heavy atom. The van der Waals surface area contributed by atoms with Gasteiger partial charge in [0.05, 0.1) is 30.7 Å². The highest BCUT2D eigenvalue weighted by Gasteiger charge is 2.29. The van der Waals surface area contributed by atoms with E-state index < -0.39 is 12.0 Å². The van der Waals surface area contributed by atoms with E-state index in [0.29, 0.717) is 12.4 Å². The van der Waals surface area contributed by atoms with Crippen molar-refractivity contribution in [3.05, 3.63) is 112 Å². The molecule has 36 heavy (non-hydrogen) atoms. The lowest BCUT2D eigenvalue weighted by Gasteiger charge is -2.32. The van der Waals surface area contributed by atoms with E-state index in [1.807, 2.05) is 89.8 Å². The number of rotatable bonds is 8. The van der Waals surface area contributed by atoms with E-state index in [4.69, 9.17) is 9.72 Å². The van der Waals surface area contributed by atoms with Crippen LogP contribution in [0, 0.1) is 0 Å². The Balaban J connectivity index is 1.70. The number of aliphatic carboxylic acids is 1. The maximum Gasteiger partial charge on any atom is 0.317 e. The van der Waals surface area contributed by atoms with Crippen molar-refractivity contribution in [3.8, 4) is 5.88 Å². The fourth-order valence-corrected chi connectivity index (χ4v) is 5.04. The molecule has 180 valence electrons. The first-order valence-electron chi connectivity index (χ1n) is 11.5. The van der Waals surface area contributed by atoms with Crippen molar-refractivity contribution in [1.29, 1.82) is 0 Å². The summed E-state index contributed by atoms with van der Waals surface area (Å²) in [5, 5.41) is 11.9. The van der Waals surface area contributed by atoms with Crippen LogP contribution in [0.15, 0.2) is 95.6 Å². The van der Waals surface area contributed by atoms with Crippen LogP contribution < -0.4 is 4.74 Å². The first-order chi connectivity index (χ1) is 17.5. The molecule has 0 aliphatic carbocycles. The van der Waals surface area contributed by atoms with Crippen molar-refractivity contribution in [2.75, 3.05) is 13.7 Å². The molecule has 0 fully saturated rings. The SMILES string of the molecule is COc1nc2ccc(Br)cc2cc1C(c1ccccc1)N(CC(=O)O)Cc1cccc2ncccc12. The molecule has 0 amide bonds. The second-order valence-electron chi connectivity index (χ2n) is 8.52. The molecule has 1 unspecified atom stereocenters. The molecular formula is C29H24BrN3O3. The molecule has 0 radical (unpaired) electrons. The minimum absolute atomic E-state index is 0.171. The highest BCUT2D eigenvalue weighted by atomic mass is 79.9. The van der Waals surface area contributed by atoms with Crippen LogP contribution in [0.1, 0.15) is 22.7 Å². The molecule has 0 aliphatic heterocycles. The largest absolute Gasteiger partial charge is 0.481 e. The van der Waals surface area contributed by atoms with Crippen molar-refractivity contribution >= 4 is 43.7 Å². The third-order valence-corrected chi connectivity index (χ3v) is 6.68. The van der Waals surface area contributed by atoms with E-state index in [0.717, 1.165) is 43.0 Å². The Hall–Kier alpha value is -3.81. The predicted molar refractivity (Wildman–Crippen MR) is 144 cm³/mol. The number of hydrogen-bond donors (Lipinski definition) is 1. The third kappa shape index (κ3) is 4.94. The molecule has 0 aliphatic rings. The predicted octanol–water partition coefficient (Wildman–Crippen LogP) is 6.23. The molecule has 5 aromatic rings. The van der Waals surface area contributed by atoms with E-state index in [1.165, 1.54) is 0 Å². The number of hydrogen-bond acceptors (Lipinski definition) is 5. The van der Waals surface area contributed by atoms with Gasteiger partial charge in [0.1, 0.15) is 0 Å². The van der Waals surface area contributed by atoms with Crippen LogP contribution in [0.5, 0.6) is 5.88 Å². The van der Waals surface area contributed by atoms with Crippen molar-refractivity contribution in [2.24, 2.45) is 0 Å². The third-order valence-electron chi connectivity index (χ3n) is 6.19. The Morgan fingerprint density at radius 2 is 1.83 bits per heavy atom. The van der Waals surface area contributed by atoms with Gasteiger partial charge in [0.2, 0.25) is 5.88 Å². The van der Waals surface area contributed by atoms with E-state index in [2.05, 4.69) is 20.9 Å². The number of carbonyl (C=O) groups is 1. The van der Waals surface area contributed by atoms with Gasteiger partial charge in [-0.1, -0.05) is 64.5 Å². The van der Waals surface area contributed by atoms with Crippen LogP contribution in [0.4, 0.5) is 0 Å². The smallest absolute Gasteiger partial charge is 0.317 e. The average molecular weight is 542 g/mol. The van der Waals surface area contributed by atoms with Crippen LogP contribution in [0.2, 0.25) is 0 Å². The number of carboxylic acids is 1. The topological polar surface area (TPSA) is 75.5 Å². The molecule has 2 aromatic heterocycles. The van der Waals surface area contributed by atoms with Gasteiger partial charge in [0, 0.05) is 33.6 Å². The summed E-state index contributed by atoms with van der Waals surface area (Å²) in [5.41, 5.74) is 4.42. The molecule has 5 rings (SSSR count). The fourth-order valence-electron chi connectivity index (χ4n) is 4.66. The van der Waals surface area contributed by atoms with Crippen molar-refractivity contribution in [2.45, 2.75) is 12.6 Å². The molecule has 7 heteroatoms. The van der Waals surface area contributed by atoms with Gasteiger partial charge in [0.15, 0.2) is 0 Å². The summed E-state index contributed by atoms with van der Waals surface area (Å²) >= 11 is 3.55. The summed E-state index contributed by atoms with van der Waals surface area (Å²) in [6, 6.07) is 27.2. The number of ether oxygens (including phenoxy) is 1. The number of aromatic nitrogens is 2. The van der Waals surface area contributed by atoms with Gasteiger partial charge < -0.3 is 9.84 Å². The first-order valence-corrected chi connectivity index (χ1v) is 12.3. The second kappa shape index (κ2) is 10.4. The van der Waals surface area contributed by atoms with Gasteiger partial charge in [-0.3, -0.25) is 14.7 Å². The van der Waals surface area contributed by atoms with E-state index >= 15 is 0 Å². The number of methoxy groups -OCH3 is 1. The lowest BCUT2D eigenvalue weighted by molar-refractivity contribution is -0.138. The Bertz CT molecular complexity index is 1540. The van der Waals surface area contributed by atoms with Crippen molar-refractivity contribution in [3.63, 3.8) is 0 Å². The minimum Gasteiger partial charge on any atom is -0.481 e. The summed E-state index contributed by atoms with van der Waals surface area (Å²) in [4.78, 5) is 23.3. The average Bonchev–Trinajstić information content (AvgIpc) is 2.89. The minimum atomic E-state index is -0.912. The zero-order chi connectivity index (χ0) is 25.1. The van der Waals surface area contributed by atoms with Crippen LogP contribution in [0.3, 0.4) is 0 Å². The molecule has 1 N–H and O–H groups in total. The number of pyridine rings is 2. The molecule has 0 spiro atoms. The number of carboxylic acid groups (broad SMARTS) is 1. The van der Waals surface area contributed by atoms with Gasteiger partial charge in [-0.05, 0) is 47.5 Å². The van der Waals surface area contributed by atoms with Crippen LogP contribution in [-0.4, -0.2) is 39.6 Å². The molecular weight excluding hydrogens is 518 g/mol. The Kier molecular flexibility index (Phi) is 6.93. The summed E-state index contributed by atoms with van der Waals surface area (Å²) in [7, 11) is 1.59. The van der Waals surface area contributed by atoms with E-state index in [1.54, 1.807) is 13.3 Å². The Labute approximate surface area is 217 Å². The maximum absolute atomic E-state index is 12.1. The molecule has 0 bridgehead atoms. The quantitative estimate of drug-likeness (QED) is 0.251. The fraction of sp³-hybridized carbons (Fsp3) is 0.138. The van der Waals surface area contributed by atoms with Crippen LogP contribution in [0.25, 0.3) is 21.8 Å². The van der Waals surface area contributed by atoms with Crippen LogP contribution >= 0.6 is 15.9 Å².